The van der Waals surface area contributed by atoms with Crippen molar-refractivity contribution < 1.29 is 8.42 Å². The van der Waals surface area contributed by atoms with Gasteiger partial charge in [0.15, 0.2) is 0 Å². The van der Waals surface area contributed by atoms with Gasteiger partial charge in [-0.25, -0.2) is 0 Å². The molecule has 0 radical (unpaired) electrons. The highest BCUT2D eigenvalue weighted by atomic mass is 32.2. The summed E-state index contributed by atoms with van der Waals surface area (Å²) in [7, 11) is -3.46. The lowest BCUT2D eigenvalue weighted by Crippen LogP contribution is -2.34. The number of nitrogens with one attached hydrogen (secondary N) is 1. The van der Waals surface area contributed by atoms with Crippen molar-refractivity contribution in [2.45, 2.75) is 26.7 Å². The number of hydrogen-bond acceptors (Lipinski definition) is 3. The van der Waals surface area contributed by atoms with Gasteiger partial charge in [-0.3, -0.25) is 0 Å². The largest absolute Gasteiger partial charge is 0.345 e. The second kappa shape index (κ2) is 3.48. The summed E-state index contributed by atoms with van der Waals surface area (Å²) in [4.78, 5) is 0.332. The molecule has 2 rings (SSSR count). The SMILES string of the molecule is CC(C)C1=NS(=O)(=O)C2=C(CCC=C2)N1. The van der Waals surface area contributed by atoms with E-state index < -0.39 is 10.0 Å². The molecule has 4 nitrogen and oxygen atoms in total. The van der Waals surface area contributed by atoms with E-state index in [1.54, 1.807) is 6.08 Å². The van der Waals surface area contributed by atoms with E-state index in [0.717, 1.165) is 18.5 Å². The van der Waals surface area contributed by atoms with Crippen molar-refractivity contribution in [3.63, 3.8) is 0 Å². The summed E-state index contributed by atoms with van der Waals surface area (Å²) in [5, 5.41) is 3.11. The minimum absolute atomic E-state index is 0.0970. The number of nitrogens with zero attached hydrogens (tertiary/aromatic N) is 1. The topological polar surface area (TPSA) is 58.5 Å². The lowest BCUT2D eigenvalue weighted by molar-refractivity contribution is 0.600. The van der Waals surface area contributed by atoms with Gasteiger partial charge < -0.3 is 5.32 Å². The average molecular weight is 226 g/mol. The zero-order valence-electron chi connectivity index (χ0n) is 8.82. The lowest BCUT2D eigenvalue weighted by Gasteiger charge is -2.23. The molecule has 0 amide bonds. The van der Waals surface area contributed by atoms with E-state index in [0.29, 0.717) is 10.7 Å². The highest BCUT2D eigenvalue weighted by molar-refractivity contribution is 7.94. The highest BCUT2D eigenvalue weighted by Gasteiger charge is 2.27. The average Bonchev–Trinajstić information content (AvgIpc) is 2.16. The zero-order valence-corrected chi connectivity index (χ0v) is 9.63. The van der Waals surface area contributed by atoms with Crippen LogP contribution < -0.4 is 5.32 Å². The van der Waals surface area contributed by atoms with Gasteiger partial charge in [-0.15, -0.1) is 4.40 Å². The maximum atomic E-state index is 11.8. The molecule has 0 saturated heterocycles. The third-order valence-corrected chi connectivity index (χ3v) is 3.83. The van der Waals surface area contributed by atoms with Gasteiger partial charge in [0.2, 0.25) is 0 Å². The Balaban J connectivity index is 2.47. The van der Waals surface area contributed by atoms with E-state index in [-0.39, 0.29) is 5.92 Å². The van der Waals surface area contributed by atoms with Crippen molar-refractivity contribution in [1.29, 1.82) is 0 Å². The Morgan fingerprint density at radius 2 is 2.20 bits per heavy atom. The minimum Gasteiger partial charge on any atom is -0.345 e. The minimum atomic E-state index is -3.46. The standard InChI is InChI=1S/C10H14N2O2S/c1-7(2)10-11-8-5-3-4-6-9(8)15(13,14)12-10/h4,6-7H,3,5H2,1-2H3,(H,11,12). The van der Waals surface area contributed by atoms with Crippen molar-refractivity contribution in [3.8, 4) is 0 Å². The first-order valence-electron chi connectivity index (χ1n) is 5.02. The van der Waals surface area contributed by atoms with Gasteiger partial charge in [0.05, 0.1) is 0 Å². The van der Waals surface area contributed by atoms with Gasteiger partial charge in [-0.2, -0.15) is 8.42 Å². The van der Waals surface area contributed by atoms with Crippen molar-refractivity contribution >= 4 is 15.9 Å². The van der Waals surface area contributed by atoms with Crippen LogP contribution in [0.1, 0.15) is 26.7 Å². The molecule has 1 heterocycles. The quantitative estimate of drug-likeness (QED) is 0.737. The monoisotopic (exact) mass is 226 g/mol. The highest BCUT2D eigenvalue weighted by Crippen LogP contribution is 2.26. The summed E-state index contributed by atoms with van der Waals surface area (Å²) in [5.74, 6) is 0.642. The van der Waals surface area contributed by atoms with Crippen LogP contribution in [0.15, 0.2) is 27.2 Å². The summed E-state index contributed by atoms with van der Waals surface area (Å²) >= 11 is 0. The fourth-order valence-electron chi connectivity index (χ4n) is 1.61. The van der Waals surface area contributed by atoms with E-state index in [2.05, 4.69) is 9.71 Å². The van der Waals surface area contributed by atoms with Crippen LogP contribution in [0.4, 0.5) is 0 Å². The van der Waals surface area contributed by atoms with Gasteiger partial charge in [-0.1, -0.05) is 19.9 Å². The number of sulfonamides is 1. The summed E-state index contributed by atoms with van der Waals surface area (Å²) < 4.78 is 27.4. The van der Waals surface area contributed by atoms with E-state index in [1.807, 2.05) is 19.9 Å². The molecule has 5 heteroatoms. The molecule has 0 atom stereocenters. The summed E-state index contributed by atoms with van der Waals surface area (Å²) in [5.41, 5.74) is 0.788. The first-order chi connectivity index (χ1) is 7.00. The third kappa shape index (κ3) is 1.84. The van der Waals surface area contributed by atoms with E-state index in [4.69, 9.17) is 0 Å². The van der Waals surface area contributed by atoms with Crippen LogP contribution in [-0.4, -0.2) is 14.3 Å². The van der Waals surface area contributed by atoms with E-state index >= 15 is 0 Å². The predicted octanol–water partition coefficient (Wildman–Crippen LogP) is 1.54. The molecule has 82 valence electrons. The van der Waals surface area contributed by atoms with Gasteiger partial charge >= 0.3 is 0 Å². The molecule has 0 spiro atoms. The molecule has 1 N–H and O–H groups in total. The molecule has 2 aliphatic rings. The Morgan fingerprint density at radius 1 is 1.47 bits per heavy atom. The Kier molecular flexibility index (Phi) is 2.42. The number of allylic oxidation sites excluding steroid dienone is 3. The molecule has 0 aromatic rings. The predicted molar refractivity (Wildman–Crippen MR) is 59.7 cm³/mol. The van der Waals surface area contributed by atoms with Crippen LogP contribution in [0.2, 0.25) is 0 Å². The van der Waals surface area contributed by atoms with E-state index in [1.165, 1.54) is 0 Å². The van der Waals surface area contributed by atoms with Gasteiger partial charge in [0, 0.05) is 11.6 Å². The smallest absolute Gasteiger partial charge is 0.285 e. The van der Waals surface area contributed by atoms with Crippen LogP contribution in [0.3, 0.4) is 0 Å². The molecular weight excluding hydrogens is 212 g/mol. The molecular formula is C10H14N2O2S. The second-order valence-electron chi connectivity index (χ2n) is 4.02. The molecule has 0 aromatic carbocycles. The van der Waals surface area contributed by atoms with Crippen LogP contribution in [-0.2, 0) is 10.0 Å². The Morgan fingerprint density at radius 3 is 2.87 bits per heavy atom. The summed E-state index contributed by atoms with van der Waals surface area (Å²) in [6.45, 7) is 3.84. The molecule has 1 aliphatic heterocycles. The number of rotatable bonds is 1. The molecule has 0 fully saturated rings. The maximum absolute atomic E-state index is 11.8. The Hall–Kier alpha value is -1.10. The van der Waals surface area contributed by atoms with Crippen LogP contribution in [0.5, 0.6) is 0 Å². The zero-order chi connectivity index (χ0) is 11.1. The van der Waals surface area contributed by atoms with E-state index in [9.17, 15) is 8.42 Å². The first kappa shape index (κ1) is 10.4. The normalized spacial score (nSPS) is 23.5. The fourth-order valence-corrected chi connectivity index (χ4v) is 2.96. The number of hydrogen-bond donors (Lipinski definition) is 1. The molecule has 0 aromatic heterocycles. The lowest BCUT2D eigenvalue weighted by atomic mass is 10.1. The summed E-state index contributed by atoms with van der Waals surface area (Å²) in [6.07, 6.45) is 5.14. The second-order valence-corrected chi connectivity index (χ2v) is 5.59. The number of amidine groups is 1. The third-order valence-electron chi connectivity index (χ3n) is 2.45. The molecule has 0 bridgehead atoms. The van der Waals surface area contributed by atoms with Crippen molar-refractivity contribution in [2.24, 2.45) is 10.3 Å². The molecule has 0 saturated carbocycles. The van der Waals surface area contributed by atoms with Gasteiger partial charge in [0.1, 0.15) is 10.7 Å². The van der Waals surface area contributed by atoms with Gasteiger partial charge in [0.25, 0.3) is 10.0 Å². The molecule has 0 unspecified atom stereocenters. The van der Waals surface area contributed by atoms with Gasteiger partial charge in [-0.05, 0) is 18.9 Å². The summed E-state index contributed by atoms with van der Waals surface area (Å²) in [6, 6.07) is 0. The van der Waals surface area contributed by atoms with Crippen LogP contribution >= 0.6 is 0 Å². The Labute approximate surface area is 89.8 Å². The fraction of sp³-hybridized carbons (Fsp3) is 0.500. The van der Waals surface area contributed by atoms with Crippen molar-refractivity contribution in [1.82, 2.24) is 5.32 Å². The van der Waals surface area contributed by atoms with Crippen LogP contribution in [0.25, 0.3) is 0 Å². The van der Waals surface area contributed by atoms with Crippen molar-refractivity contribution in [3.05, 3.63) is 22.8 Å². The molecule has 15 heavy (non-hydrogen) atoms. The molecule has 1 aliphatic carbocycles. The van der Waals surface area contributed by atoms with Crippen LogP contribution in [0, 0.1) is 5.92 Å². The van der Waals surface area contributed by atoms with Crippen molar-refractivity contribution in [2.75, 3.05) is 0 Å². The maximum Gasteiger partial charge on any atom is 0.285 e. The Bertz CT molecular complexity index is 470. The first-order valence-corrected chi connectivity index (χ1v) is 6.46.